The molecule has 0 spiro atoms. The standard InChI is InChI=1S/C16H20N2/c1-13(14-6-3-2-4-7-14)18-11-9-15-8-5-10-16(15,18)12-17/h2-4,6-7,13,15H,5,8-11H2,1H3/t13-,15+,16-/m0/s1. The predicted octanol–water partition coefficient (Wildman–Crippen LogP) is 3.52. The Morgan fingerprint density at radius 2 is 2.11 bits per heavy atom. The molecule has 2 heteroatoms. The minimum absolute atomic E-state index is 0.171. The van der Waals surface area contributed by atoms with Crippen molar-refractivity contribution in [3.05, 3.63) is 35.9 Å². The fraction of sp³-hybridized carbons (Fsp3) is 0.562. The van der Waals surface area contributed by atoms with Gasteiger partial charge in [0.2, 0.25) is 0 Å². The highest BCUT2D eigenvalue weighted by Gasteiger charge is 2.53. The Balaban J connectivity index is 1.91. The Labute approximate surface area is 109 Å². The van der Waals surface area contributed by atoms with Crippen LogP contribution in [0, 0.1) is 17.2 Å². The van der Waals surface area contributed by atoms with Gasteiger partial charge in [0, 0.05) is 12.6 Å². The third-order valence-corrected chi connectivity index (χ3v) is 4.96. The average Bonchev–Trinajstić information content (AvgIpc) is 2.97. The second kappa shape index (κ2) is 4.40. The van der Waals surface area contributed by atoms with E-state index in [2.05, 4.69) is 48.2 Å². The third kappa shape index (κ3) is 1.58. The van der Waals surface area contributed by atoms with Crippen molar-refractivity contribution in [2.45, 2.75) is 44.2 Å². The number of hydrogen-bond donors (Lipinski definition) is 0. The van der Waals surface area contributed by atoms with Gasteiger partial charge in [0.1, 0.15) is 5.54 Å². The van der Waals surface area contributed by atoms with Gasteiger partial charge in [0.15, 0.2) is 0 Å². The number of likely N-dealkylation sites (tertiary alicyclic amines) is 1. The number of hydrogen-bond acceptors (Lipinski definition) is 2. The molecule has 0 aromatic heterocycles. The minimum atomic E-state index is -0.171. The first-order chi connectivity index (χ1) is 8.78. The molecule has 18 heavy (non-hydrogen) atoms. The molecule has 1 aromatic carbocycles. The second-order valence-electron chi connectivity index (χ2n) is 5.69. The molecule has 0 radical (unpaired) electrons. The van der Waals surface area contributed by atoms with Crippen LogP contribution < -0.4 is 0 Å². The summed E-state index contributed by atoms with van der Waals surface area (Å²) in [5, 5.41) is 9.70. The van der Waals surface area contributed by atoms with E-state index in [4.69, 9.17) is 0 Å². The normalized spacial score (nSPS) is 33.0. The van der Waals surface area contributed by atoms with E-state index < -0.39 is 0 Å². The molecular weight excluding hydrogens is 220 g/mol. The summed E-state index contributed by atoms with van der Waals surface area (Å²) in [5.41, 5.74) is 1.16. The summed E-state index contributed by atoms with van der Waals surface area (Å²) in [7, 11) is 0. The summed E-state index contributed by atoms with van der Waals surface area (Å²) in [6.07, 6.45) is 4.72. The van der Waals surface area contributed by atoms with Crippen molar-refractivity contribution in [2.75, 3.05) is 6.54 Å². The van der Waals surface area contributed by atoms with Gasteiger partial charge in [0.05, 0.1) is 6.07 Å². The zero-order valence-corrected chi connectivity index (χ0v) is 11.0. The van der Waals surface area contributed by atoms with Gasteiger partial charge in [-0.25, -0.2) is 0 Å². The van der Waals surface area contributed by atoms with Crippen molar-refractivity contribution in [1.29, 1.82) is 5.26 Å². The van der Waals surface area contributed by atoms with E-state index in [9.17, 15) is 5.26 Å². The van der Waals surface area contributed by atoms with Crippen LogP contribution in [-0.2, 0) is 0 Å². The maximum absolute atomic E-state index is 9.70. The van der Waals surface area contributed by atoms with E-state index in [1.807, 2.05) is 0 Å². The Bertz CT molecular complexity index is 462. The summed E-state index contributed by atoms with van der Waals surface area (Å²) in [4.78, 5) is 2.46. The van der Waals surface area contributed by atoms with Crippen molar-refractivity contribution in [3.8, 4) is 6.07 Å². The molecule has 1 aliphatic heterocycles. The highest BCUT2D eigenvalue weighted by molar-refractivity contribution is 5.24. The van der Waals surface area contributed by atoms with Crippen LogP contribution in [0.5, 0.6) is 0 Å². The number of nitriles is 1. The van der Waals surface area contributed by atoms with Crippen LogP contribution in [0.2, 0.25) is 0 Å². The number of nitrogens with zero attached hydrogens (tertiary/aromatic N) is 2. The van der Waals surface area contributed by atoms with Crippen LogP contribution in [0.3, 0.4) is 0 Å². The minimum Gasteiger partial charge on any atom is -0.278 e. The molecule has 0 bridgehead atoms. The summed E-state index contributed by atoms with van der Waals surface area (Å²) in [6.45, 7) is 3.32. The Morgan fingerprint density at radius 1 is 1.33 bits per heavy atom. The van der Waals surface area contributed by atoms with Crippen LogP contribution in [0.1, 0.15) is 44.2 Å². The predicted molar refractivity (Wildman–Crippen MR) is 71.9 cm³/mol. The fourth-order valence-corrected chi connectivity index (χ4v) is 3.98. The number of benzene rings is 1. The SMILES string of the molecule is C[C@@H](c1ccccc1)N1CC[C@H]2CCC[C@]21C#N. The van der Waals surface area contributed by atoms with Crippen molar-refractivity contribution in [2.24, 2.45) is 5.92 Å². The lowest BCUT2D eigenvalue weighted by Gasteiger charge is -2.37. The molecule has 0 amide bonds. The van der Waals surface area contributed by atoms with Crippen LogP contribution in [0.4, 0.5) is 0 Å². The van der Waals surface area contributed by atoms with Crippen molar-refractivity contribution in [1.82, 2.24) is 4.90 Å². The van der Waals surface area contributed by atoms with Gasteiger partial charge in [-0.15, -0.1) is 0 Å². The lowest BCUT2D eigenvalue weighted by Crippen LogP contribution is -2.45. The van der Waals surface area contributed by atoms with E-state index in [1.165, 1.54) is 24.8 Å². The first-order valence-electron chi connectivity index (χ1n) is 7.01. The van der Waals surface area contributed by atoms with Crippen LogP contribution >= 0.6 is 0 Å². The Hall–Kier alpha value is -1.33. The number of rotatable bonds is 2. The van der Waals surface area contributed by atoms with Gasteiger partial charge in [0.25, 0.3) is 0 Å². The van der Waals surface area contributed by atoms with Crippen LogP contribution in [0.15, 0.2) is 30.3 Å². The monoisotopic (exact) mass is 240 g/mol. The first kappa shape index (κ1) is 11.7. The average molecular weight is 240 g/mol. The zero-order chi connectivity index (χ0) is 12.6. The molecule has 2 fully saturated rings. The van der Waals surface area contributed by atoms with Gasteiger partial charge in [-0.1, -0.05) is 36.8 Å². The maximum Gasteiger partial charge on any atom is 0.112 e. The van der Waals surface area contributed by atoms with Gasteiger partial charge in [-0.3, -0.25) is 4.90 Å². The molecule has 2 aliphatic rings. The molecule has 3 atom stereocenters. The summed E-state index contributed by atoms with van der Waals surface area (Å²) >= 11 is 0. The molecule has 1 saturated heterocycles. The largest absolute Gasteiger partial charge is 0.278 e. The van der Waals surface area contributed by atoms with Crippen LogP contribution in [0.25, 0.3) is 0 Å². The molecule has 2 nitrogen and oxygen atoms in total. The molecule has 1 aliphatic carbocycles. The Kier molecular flexibility index (Phi) is 2.87. The lowest BCUT2D eigenvalue weighted by atomic mass is 9.88. The summed E-state index contributed by atoms with van der Waals surface area (Å²) in [5.74, 6) is 0.605. The molecule has 3 rings (SSSR count). The molecule has 94 valence electrons. The maximum atomic E-state index is 9.70. The number of fused-ring (bicyclic) bond motifs is 1. The van der Waals surface area contributed by atoms with Crippen molar-refractivity contribution >= 4 is 0 Å². The van der Waals surface area contributed by atoms with Crippen molar-refractivity contribution in [3.63, 3.8) is 0 Å². The third-order valence-electron chi connectivity index (χ3n) is 4.96. The first-order valence-corrected chi connectivity index (χ1v) is 7.01. The quantitative estimate of drug-likeness (QED) is 0.791. The van der Waals surface area contributed by atoms with Crippen molar-refractivity contribution < 1.29 is 0 Å². The zero-order valence-electron chi connectivity index (χ0n) is 11.0. The van der Waals surface area contributed by atoms with Gasteiger partial charge >= 0.3 is 0 Å². The van der Waals surface area contributed by atoms with Gasteiger partial charge in [-0.05, 0) is 37.7 Å². The van der Waals surface area contributed by atoms with E-state index in [0.29, 0.717) is 12.0 Å². The van der Waals surface area contributed by atoms with E-state index >= 15 is 0 Å². The lowest BCUT2D eigenvalue weighted by molar-refractivity contribution is 0.127. The molecular formula is C16H20N2. The molecule has 1 heterocycles. The summed E-state index contributed by atoms with van der Waals surface area (Å²) in [6, 6.07) is 13.6. The topological polar surface area (TPSA) is 27.0 Å². The highest BCUT2D eigenvalue weighted by atomic mass is 15.3. The smallest absolute Gasteiger partial charge is 0.112 e. The van der Waals surface area contributed by atoms with Gasteiger partial charge < -0.3 is 0 Å². The van der Waals surface area contributed by atoms with Gasteiger partial charge in [-0.2, -0.15) is 5.26 Å². The summed E-state index contributed by atoms with van der Waals surface area (Å²) < 4.78 is 0. The highest BCUT2D eigenvalue weighted by Crippen LogP contribution is 2.49. The van der Waals surface area contributed by atoms with E-state index in [1.54, 1.807) is 0 Å². The molecule has 1 saturated carbocycles. The Morgan fingerprint density at radius 3 is 2.83 bits per heavy atom. The van der Waals surface area contributed by atoms with E-state index in [0.717, 1.165) is 13.0 Å². The second-order valence-corrected chi connectivity index (χ2v) is 5.69. The molecule has 0 N–H and O–H groups in total. The fourth-order valence-electron chi connectivity index (χ4n) is 3.98. The van der Waals surface area contributed by atoms with E-state index in [-0.39, 0.29) is 5.54 Å². The molecule has 0 unspecified atom stereocenters. The van der Waals surface area contributed by atoms with Crippen LogP contribution in [-0.4, -0.2) is 17.0 Å². The molecule has 1 aromatic rings.